The summed E-state index contributed by atoms with van der Waals surface area (Å²) in [7, 11) is -2.77. The van der Waals surface area contributed by atoms with E-state index in [1.54, 1.807) is 6.08 Å². The van der Waals surface area contributed by atoms with E-state index in [1.165, 1.54) is 15.3 Å². The van der Waals surface area contributed by atoms with Crippen LogP contribution in [0.3, 0.4) is 0 Å². The van der Waals surface area contributed by atoms with Crippen molar-refractivity contribution in [1.82, 2.24) is 4.90 Å². The first-order valence-electron chi connectivity index (χ1n) is 11.9. The largest absolute Gasteiger partial charge is 0.444 e. The smallest absolute Gasteiger partial charge is 0.411 e. The van der Waals surface area contributed by atoms with Gasteiger partial charge in [-0.15, -0.1) is 0 Å². The molecule has 0 bridgehead atoms. The number of amides is 1. The van der Waals surface area contributed by atoms with Gasteiger partial charge in [-0.05, 0) is 48.7 Å². The second kappa shape index (κ2) is 10.3. The molecule has 1 atom stereocenters. The van der Waals surface area contributed by atoms with E-state index < -0.39 is 20.0 Å². The van der Waals surface area contributed by atoms with Gasteiger partial charge in [0, 0.05) is 0 Å². The van der Waals surface area contributed by atoms with Crippen molar-refractivity contribution in [2.45, 2.75) is 64.6 Å². The van der Waals surface area contributed by atoms with Crippen molar-refractivity contribution in [3.8, 4) is 0 Å². The highest BCUT2D eigenvalue weighted by Crippen LogP contribution is 2.37. The average molecular weight is 480 g/mol. The molecule has 0 saturated carbocycles. The molecule has 0 aromatic heterocycles. The Morgan fingerprint density at radius 1 is 0.941 bits per heavy atom. The van der Waals surface area contributed by atoms with Gasteiger partial charge in [0.25, 0.3) is 8.32 Å². The summed E-state index contributed by atoms with van der Waals surface area (Å²) in [5.74, 6) is -0.112. The SMILES string of the molecule is CC(C)(C)OC(=O)N1CC(=O)C=CC[C@H]1CO[Si](c1ccccc1)(c1ccccc1)C(C)(C)C. The van der Waals surface area contributed by atoms with Gasteiger partial charge < -0.3 is 9.16 Å². The minimum absolute atomic E-state index is 0.0137. The molecule has 5 nitrogen and oxygen atoms in total. The van der Waals surface area contributed by atoms with Crippen LogP contribution in [0.5, 0.6) is 0 Å². The molecule has 182 valence electrons. The zero-order valence-electron chi connectivity index (χ0n) is 21.2. The minimum Gasteiger partial charge on any atom is -0.444 e. The maximum absolute atomic E-state index is 13.1. The Kier molecular flexibility index (Phi) is 7.83. The van der Waals surface area contributed by atoms with Crippen LogP contribution < -0.4 is 10.4 Å². The molecule has 2 aromatic rings. The molecular weight excluding hydrogens is 442 g/mol. The molecule has 1 amide bonds. The van der Waals surface area contributed by atoms with Gasteiger partial charge in [-0.3, -0.25) is 9.69 Å². The van der Waals surface area contributed by atoms with E-state index >= 15 is 0 Å². The summed E-state index contributed by atoms with van der Waals surface area (Å²) < 4.78 is 12.7. The predicted molar refractivity (Wildman–Crippen MR) is 139 cm³/mol. The Morgan fingerprint density at radius 3 is 1.94 bits per heavy atom. The summed E-state index contributed by atoms with van der Waals surface area (Å²) in [4.78, 5) is 26.9. The number of benzene rings is 2. The van der Waals surface area contributed by atoms with Crippen molar-refractivity contribution in [3.63, 3.8) is 0 Å². The van der Waals surface area contributed by atoms with Crippen LogP contribution in [0.15, 0.2) is 72.8 Å². The first-order chi connectivity index (χ1) is 15.9. The lowest BCUT2D eigenvalue weighted by molar-refractivity contribution is -0.116. The van der Waals surface area contributed by atoms with Crippen LogP contribution in [-0.2, 0) is 14.0 Å². The van der Waals surface area contributed by atoms with E-state index in [4.69, 9.17) is 9.16 Å². The molecule has 0 N–H and O–H groups in total. The Morgan fingerprint density at radius 2 is 1.47 bits per heavy atom. The minimum atomic E-state index is -2.77. The first-order valence-corrected chi connectivity index (χ1v) is 13.8. The highest BCUT2D eigenvalue weighted by molar-refractivity contribution is 6.99. The summed E-state index contributed by atoms with van der Waals surface area (Å²) in [6, 6.07) is 20.5. The lowest BCUT2D eigenvalue weighted by Gasteiger charge is -2.44. The second-order valence-electron chi connectivity index (χ2n) is 10.8. The Labute approximate surface area is 204 Å². The lowest BCUT2D eigenvalue weighted by atomic mass is 10.2. The predicted octanol–water partition coefficient (Wildman–Crippen LogP) is 4.70. The zero-order valence-corrected chi connectivity index (χ0v) is 22.2. The van der Waals surface area contributed by atoms with Crippen molar-refractivity contribution in [1.29, 1.82) is 0 Å². The van der Waals surface area contributed by atoms with E-state index in [0.29, 0.717) is 13.0 Å². The van der Waals surface area contributed by atoms with Crippen LogP contribution in [0.25, 0.3) is 0 Å². The molecule has 6 heteroatoms. The maximum Gasteiger partial charge on any atom is 0.411 e. The molecule has 2 aromatic carbocycles. The number of carbonyl (C=O) groups is 2. The molecule has 0 radical (unpaired) electrons. The molecule has 0 spiro atoms. The van der Waals surface area contributed by atoms with E-state index in [0.717, 1.165) is 0 Å². The number of hydrogen-bond acceptors (Lipinski definition) is 4. The number of nitrogens with zero attached hydrogens (tertiary/aromatic N) is 1. The van der Waals surface area contributed by atoms with E-state index in [1.807, 2.05) is 39.0 Å². The van der Waals surface area contributed by atoms with Crippen LogP contribution in [0.1, 0.15) is 48.0 Å². The average Bonchev–Trinajstić information content (AvgIpc) is 2.95. The zero-order chi connectivity index (χ0) is 25.0. The van der Waals surface area contributed by atoms with E-state index in [2.05, 4.69) is 69.3 Å². The fraction of sp³-hybridized carbons (Fsp3) is 0.429. The summed E-state index contributed by atoms with van der Waals surface area (Å²) in [5.41, 5.74) is -0.650. The third-order valence-electron chi connectivity index (χ3n) is 6.02. The molecular formula is C28H37NO4Si. The number of carbonyl (C=O) groups excluding carboxylic acids is 2. The standard InChI is InChI=1S/C28H37NO4Si/c1-27(2,3)33-26(31)29-20-23(30)15-13-14-22(29)21-32-34(28(4,5)6,24-16-9-7-10-17-24)25-18-11-8-12-19-25/h7-13,15-19,22H,14,20-21H2,1-6H3/t22-/m0/s1. The highest BCUT2D eigenvalue weighted by Gasteiger charge is 2.50. The molecule has 0 aliphatic carbocycles. The summed E-state index contributed by atoms with van der Waals surface area (Å²) in [5, 5.41) is 2.18. The van der Waals surface area contributed by atoms with Crippen LogP contribution in [-0.4, -0.2) is 49.9 Å². The van der Waals surface area contributed by atoms with Crippen molar-refractivity contribution < 1.29 is 18.8 Å². The maximum atomic E-state index is 13.1. The normalized spacial score (nSPS) is 17.4. The number of ether oxygens (including phenoxy) is 1. The van der Waals surface area contributed by atoms with Gasteiger partial charge >= 0.3 is 6.09 Å². The quantitative estimate of drug-likeness (QED) is 0.584. The molecule has 1 heterocycles. The summed E-state index contributed by atoms with van der Waals surface area (Å²) in [6.45, 7) is 12.5. The lowest BCUT2D eigenvalue weighted by Crippen LogP contribution is -2.67. The van der Waals surface area contributed by atoms with Gasteiger partial charge in [-0.2, -0.15) is 0 Å². The van der Waals surface area contributed by atoms with E-state index in [9.17, 15) is 9.59 Å². The molecule has 1 aliphatic rings. The van der Waals surface area contributed by atoms with Crippen LogP contribution in [0.2, 0.25) is 5.04 Å². The molecule has 0 fully saturated rings. The topological polar surface area (TPSA) is 55.8 Å². The number of hydrogen-bond donors (Lipinski definition) is 0. The first kappa shape index (κ1) is 25.9. The van der Waals surface area contributed by atoms with Crippen LogP contribution in [0.4, 0.5) is 4.79 Å². The summed E-state index contributed by atoms with van der Waals surface area (Å²) in [6.07, 6.45) is 3.44. The van der Waals surface area contributed by atoms with Crippen molar-refractivity contribution >= 4 is 30.6 Å². The fourth-order valence-corrected chi connectivity index (χ4v) is 9.11. The van der Waals surface area contributed by atoms with Crippen molar-refractivity contribution in [2.75, 3.05) is 13.2 Å². The van der Waals surface area contributed by atoms with Crippen LogP contribution >= 0.6 is 0 Å². The van der Waals surface area contributed by atoms with E-state index in [-0.39, 0.29) is 23.4 Å². The second-order valence-corrected chi connectivity index (χ2v) is 15.1. The van der Waals surface area contributed by atoms with Gasteiger partial charge in [-0.1, -0.05) is 87.5 Å². The Hall–Kier alpha value is -2.70. The molecule has 0 saturated heterocycles. The third-order valence-corrected chi connectivity index (χ3v) is 11.0. The number of ketones is 1. The fourth-order valence-electron chi connectivity index (χ4n) is 4.51. The third kappa shape index (κ3) is 5.86. The number of rotatable bonds is 5. The van der Waals surface area contributed by atoms with Gasteiger partial charge in [0.2, 0.25) is 0 Å². The van der Waals surface area contributed by atoms with Gasteiger partial charge in [0.1, 0.15) is 5.60 Å². The van der Waals surface area contributed by atoms with Gasteiger partial charge in [0.05, 0.1) is 19.2 Å². The van der Waals surface area contributed by atoms with Crippen molar-refractivity contribution in [3.05, 3.63) is 72.8 Å². The van der Waals surface area contributed by atoms with Gasteiger partial charge in [-0.25, -0.2) is 4.79 Å². The Balaban J connectivity index is 2.01. The molecule has 34 heavy (non-hydrogen) atoms. The molecule has 0 unspecified atom stereocenters. The molecule has 1 aliphatic heterocycles. The van der Waals surface area contributed by atoms with Gasteiger partial charge in [0.15, 0.2) is 5.78 Å². The van der Waals surface area contributed by atoms with Crippen molar-refractivity contribution in [2.24, 2.45) is 0 Å². The summed E-state index contributed by atoms with van der Waals surface area (Å²) >= 11 is 0. The highest BCUT2D eigenvalue weighted by atomic mass is 28.4. The monoisotopic (exact) mass is 479 g/mol. The Bertz CT molecular complexity index is 967. The molecule has 3 rings (SSSR count). The van der Waals surface area contributed by atoms with Crippen LogP contribution in [0, 0.1) is 0 Å².